The highest BCUT2D eigenvalue weighted by Crippen LogP contribution is 2.44. The summed E-state index contributed by atoms with van der Waals surface area (Å²) in [6.07, 6.45) is 1.15. The lowest BCUT2D eigenvalue weighted by molar-refractivity contribution is -0.139. The molecule has 7 heteroatoms. The van der Waals surface area contributed by atoms with Gasteiger partial charge in [-0.2, -0.15) is 5.10 Å². The lowest BCUT2D eigenvalue weighted by Gasteiger charge is -2.17. The Bertz CT molecular complexity index is 1060. The monoisotopic (exact) mass is 405 g/mol. The molecular formula is C23H23N3O4. The molecule has 1 aliphatic carbocycles. The first-order valence-corrected chi connectivity index (χ1v) is 9.77. The number of carboxylic acids is 1. The number of carbonyl (C=O) groups excluding carboxylic acids is 1. The molecule has 2 N–H and O–H groups in total. The molecule has 2 aromatic carbocycles. The third kappa shape index (κ3) is 3.78. The highest BCUT2D eigenvalue weighted by molar-refractivity contribution is 5.81. The lowest BCUT2D eigenvalue weighted by atomic mass is 9.98. The van der Waals surface area contributed by atoms with Crippen molar-refractivity contribution in [2.24, 2.45) is 7.05 Å². The predicted octanol–water partition coefficient (Wildman–Crippen LogP) is 3.26. The third-order valence-corrected chi connectivity index (χ3v) is 5.47. The first-order chi connectivity index (χ1) is 14.4. The number of aliphatic carboxylic acids is 1. The Morgan fingerprint density at radius 3 is 2.27 bits per heavy atom. The van der Waals surface area contributed by atoms with Crippen molar-refractivity contribution < 1.29 is 19.4 Å². The van der Waals surface area contributed by atoms with E-state index in [0.29, 0.717) is 0 Å². The van der Waals surface area contributed by atoms with Crippen LogP contribution in [0.2, 0.25) is 0 Å². The van der Waals surface area contributed by atoms with Gasteiger partial charge < -0.3 is 15.2 Å². The Hall–Kier alpha value is -3.61. The molecule has 1 aromatic heterocycles. The van der Waals surface area contributed by atoms with Gasteiger partial charge in [-0.15, -0.1) is 0 Å². The van der Waals surface area contributed by atoms with Gasteiger partial charge in [-0.05, 0) is 34.7 Å². The minimum atomic E-state index is -1.12. The van der Waals surface area contributed by atoms with E-state index < -0.39 is 18.1 Å². The van der Waals surface area contributed by atoms with Crippen molar-refractivity contribution in [2.45, 2.75) is 25.3 Å². The number of nitrogens with one attached hydrogen (secondary N) is 1. The van der Waals surface area contributed by atoms with Gasteiger partial charge in [0.1, 0.15) is 12.6 Å². The van der Waals surface area contributed by atoms with E-state index in [9.17, 15) is 14.7 Å². The van der Waals surface area contributed by atoms with Gasteiger partial charge in [0, 0.05) is 25.6 Å². The van der Waals surface area contributed by atoms with Gasteiger partial charge in [0.15, 0.2) is 0 Å². The number of carboxylic acid groups (broad SMARTS) is 1. The quantitative estimate of drug-likeness (QED) is 0.657. The maximum absolute atomic E-state index is 12.4. The molecule has 30 heavy (non-hydrogen) atoms. The van der Waals surface area contributed by atoms with Crippen LogP contribution in [-0.4, -0.2) is 39.6 Å². The summed E-state index contributed by atoms with van der Waals surface area (Å²) >= 11 is 0. The van der Waals surface area contributed by atoms with Gasteiger partial charge in [0.05, 0.1) is 5.69 Å². The molecule has 1 aliphatic rings. The summed E-state index contributed by atoms with van der Waals surface area (Å²) in [6.45, 7) is 1.94. The molecule has 7 nitrogen and oxygen atoms in total. The van der Waals surface area contributed by atoms with E-state index in [0.717, 1.165) is 33.5 Å². The van der Waals surface area contributed by atoms with Crippen LogP contribution in [0.15, 0.2) is 54.7 Å². The molecule has 0 bridgehead atoms. The zero-order chi connectivity index (χ0) is 21.3. The van der Waals surface area contributed by atoms with Gasteiger partial charge in [-0.1, -0.05) is 48.5 Å². The van der Waals surface area contributed by atoms with Gasteiger partial charge in [0.25, 0.3) is 0 Å². The van der Waals surface area contributed by atoms with Crippen LogP contribution >= 0.6 is 0 Å². The third-order valence-electron chi connectivity index (χ3n) is 5.47. The highest BCUT2D eigenvalue weighted by Gasteiger charge is 2.30. The lowest BCUT2D eigenvalue weighted by Crippen LogP contribution is -2.43. The summed E-state index contributed by atoms with van der Waals surface area (Å²) in [4.78, 5) is 24.0. The molecule has 154 valence electrons. The van der Waals surface area contributed by atoms with Crippen molar-refractivity contribution in [1.82, 2.24) is 15.1 Å². The summed E-state index contributed by atoms with van der Waals surface area (Å²) in [5, 5.41) is 16.2. The summed E-state index contributed by atoms with van der Waals surface area (Å²) in [5.74, 6) is -1.20. The van der Waals surface area contributed by atoms with E-state index in [1.54, 1.807) is 17.9 Å². The number of alkyl carbamates (subject to hydrolysis) is 1. The van der Waals surface area contributed by atoms with Gasteiger partial charge in [0.2, 0.25) is 0 Å². The van der Waals surface area contributed by atoms with E-state index in [-0.39, 0.29) is 18.9 Å². The topological polar surface area (TPSA) is 93.5 Å². The molecule has 1 atom stereocenters. The zero-order valence-corrected chi connectivity index (χ0v) is 16.8. The number of nitrogens with zero attached hydrogens (tertiary/aromatic N) is 2. The predicted molar refractivity (Wildman–Crippen MR) is 111 cm³/mol. The van der Waals surface area contributed by atoms with Crippen molar-refractivity contribution in [3.05, 3.63) is 77.1 Å². The van der Waals surface area contributed by atoms with Gasteiger partial charge >= 0.3 is 12.1 Å². The summed E-state index contributed by atoms with van der Waals surface area (Å²) < 4.78 is 7.08. The number of aryl methyl sites for hydroxylation is 2. The standard InChI is InChI=1S/C23H23N3O4/c1-14-15(12-26(2)25-14)11-21(22(27)28)24-23(29)30-13-20-18-9-5-3-7-16(18)17-8-4-6-10-19(17)20/h3-10,12,20-21H,11,13H2,1-2H3,(H,24,29)(H,27,28). The highest BCUT2D eigenvalue weighted by atomic mass is 16.5. The molecule has 1 heterocycles. The minimum Gasteiger partial charge on any atom is -0.480 e. The molecule has 1 unspecified atom stereocenters. The van der Waals surface area contributed by atoms with E-state index in [2.05, 4.69) is 22.5 Å². The van der Waals surface area contributed by atoms with Crippen LogP contribution in [-0.2, 0) is 23.0 Å². The number of amides is 1. The second kappa shape index (κ2) is 8.02. The fraction of sp³-hybridized carbons (Fsp3) is 0.261. The molecule has 0 aliphatic heterocycles. The Morgan fingerprint density at radius 2 is 1.73 bits per heavy atom. The van der Waals surface area contributed by atoms with E-state index in [1.807, 2.05) is 43.3 Å². The zero-order valence-electron chi connectivity index (χ0n) is 16.8. The average Bonchev–Trinajstić information content (AvgIpc) is 3.22. The van der Waals surface area contributed by atoms with Crippen LogP contribution in [0.3, 0.4) is 0 Å². The SMILES string of the molecule is Cc1nn(C)cc1CC(NC(=O)OCC1c2ccccc2-c2ccccc21)C(=O)O. The van der Waals surface area contributed by atoms with Crippen LogP contribution in [0.4, 0.5) is 4.79 Å². The average molecular weight is 405 g/mol. The van der Waals surface area contributed by atoms with Crippen molar-refractivity contribution in [2.75, 3.05) is 6.61 Å². The molecule has 0 spiro atoms. The maximum Gasteiger partial charge on any atom is 0.407 e. The Labute approximate surface area is 174 Å². The molecular weight excluding hydrogens is 382 g/mol. The first-order valence-electron chi connectivity index (χ1n) is 9.77. The van der Waals surface area contributed by atoms with E-state index in [4.69, 9.17) is 4.74 Å². The Kier molecular flexibility index (Phi) is 5.27. The number of hydrogen-bond donors (Lipinski definition) is 2. The van der Waals surface area contributed by atoms with Gasteiger partial charge in [-0.25, -0.2) is 9.59 Å². The van der Waals surface area contributed by atoms with Crippen molar-refractivity contribution in [3.8, 4) is 11.1 Å². The summed E-state index contributed by atoms with van der Waals surface area (Å²) in [5.41, 5.74) is 5.98. The van der Waals surface area contributed by atoms with Crippen LogP contribution in [0, 0.1) is 6.92 Å². The molecule has 1 amide bonds. The minimum absolute atomic E-state index is 0.0769. The number of aromatic nitrogens is 2. The fourth-order valence-corrected chi connectivity index (χ4v) is 4.05. The molecule has 4 rings (SSSR count). The normalized spacial score (nSPS) is 13.4. The number of hydrogen-bond acceptors (Lipinski definition) is 4. The first kappa shape index (κ1) is 19.7. The van der Waals surface area contributed by atoms with Crippen molar-refractivity contribution in [3.63, 3.8) is 0 Å². The summed E-state index contributed by atoms with van der Waals surface area (Å²) in [7, 11) is 1.77. The Balaban J connectivity index is 1.44. The second-order valence-electron chi connectivity index (χ2n) is 7.48. The number of fused-ring (bicyclic) bond motifs is 3. The Morgan fingerprint density at radius 1 is 1.13 bits per heavy atom. The van der Waals surface area contributed by atoms with Crippen LogP contribution in [0.1, 0.15) is 28.3 Å². The molecule has 0 saturated carbocycles. The van der Waals surface area contributed by atoms with Crippen molar-refractivity contribution in [1.29, 1.82) is 0 Å². The molecule has 0 radical (unpaired) electrons. The number of rotatable bonds is 6. The van der Waals surface area contributed by atoms with Crippen LogP contribution in [0.5, 0.6) is 0 Å². The second-order valence-corrected chi connectivity index (χ2v) is 7.48. The number of carbonyl (C=O) groups is 2. The number of ether oxygens (including phenoxy) is 1. The van der Waals surface area contributed by atoms with E-state index in [1.165, 1.54) is 0 Å². The number of benzene rings is 2. The molecule has 0 fully saturated rings. The van der Waals surface area contributed by atoms with Crippen LogP contribution < -0.4 is 5.32 Å². The van der Waals surface area contributed by atoms with Crippen molar-refractivity contribution >= 4 is 12.1 Å². The largest absolute Gasteiger partial charge is 0.480 e. The maximum atomic E-state index is 12.4. The molecule has 0 saturated heterocycles. The molecule has 3 aromatic rings. The van der Waals surface area contributed by atoms with Gasteiger partial charge in [-0.3, -0.25) is 4.68 Å². The van der Waals surface area contributed by atoms with E-state index >= 15 is 0 Å². The van der Waals surface area contributed by atoms with Crippen LogP contribution in [0.25, 0.3) is 11.1 Å². The summed E-state index contributed by atoms with van der Waals surface area (Å²) in [6, 6.07) is 15.0. The smallest absolute Gasteiger partial charge is 0.407 e. The fourth-order valence-electron chi connectivity index (χ4n) is 4.05.